The molecule has 1 amide bonds. The molecule has 1 aliphatic heterocycles. The maximum atomic E-state index is 12.1. The van der Waals surface area contributed by atoms with E-state index in [0.29, 0.717) is 12.2 Å². The van der Waals surface area contributed by atoms with Crippen molar-refractivity contribution < 1.29 is 9.53 Å². The highest BCUT2D eigenvalue weighted by molar-refractivity contribution is 5.93. The Kier molecular flexibility index (Phi) is 7.25. The minimum absolute atomic E-state index is 0.135. The minimum Gasteiger partial charge on any atom is -0.384 e. The van der Waals surface area contributed by atoms with Crippen LogP contribution < -0.4 is 10.6 Å². The third-order valence-electron chi connectivity index (χ3n) is 3.70. The molecule has 0 atom stereocenters. The Morgan fingerprint density at radius 2 is 2.13 bits per heavy atom. The standard InChI is InChI=1S/C16H27N5O2/c1-20(2)7-5-19-16(22)15-13-14(3-4-18-15)17-6-8-21-9-11-23-12-10-21/h3-4,13H,5-12H2,1-2H3,(H,17,18)(H,19,22). The summed E-state index contributed by atoms with van der Waals surface area (Å²) < 4.78 is 5.34. The number of morpholine rings is 1. The SMILES string of the molecule is CN(C)CCNC(=O)c1cc(NCCN2CCOCC2)ccn1. The van der Waals surface area contributed by atoms with Crippen LogP contribution in [0.5, 0.6) is 0 Å². The molecule has 0 spiro atoms. The zero-order chi connectivity index (χ0) is 16.5. The average Bonchev–Trinajstić information content (AvgIpc) is 2.56. The normalized spacial score (nSPS) is 15.6. The zero-order valence-corrected chi connectivity index (χ0v) is 14.0. The molecule has 0 aliphatic carbocycles. The van der Waals surface area contributed by atoms with Crippen molar-refractivity contribution in [2.45, 2.75) is 0 Å². The first kappa shape index (κ1) is 17.7. The van der Waals surface area contributed by atoms with Crippen LogP contribution in [0.4, 0.5) is 5.69 Å². The van der Waals surface area contributed by atoms with Gasteiger partial charge < -0.3 is 20.3 Å². The molecule has 0 bridgehead atoms. The van der Waals surface area contributed by atoms with E-state index in [1.807, 2.05) is 25.1 Å². The van der Waals surface area contributed by atoms with Crippen LogP contribution in [-0.4, -0.2) is 87.3 Å². The molecule has 2 rings (SSSR count). The van der Waals surface area contributed by atoms with Gasteiger partial charge in [0, 0.05) is 51.2 Å². The van der Waals surface area contributed by atoms with Crippen molar-refractivity contribution in [1.82, 2.24) is 20.1 Å². The van der Waals surface area contributed by atoms with Crippen molar-refractivity contribution in [1.29, 1.82) is 0 Å². The number of hydrogen-bond donors (Lipinski definition) is 2. The van der Waals surface area contributed by atoms with Gasteiger partial charge in [-0.1, -0.05) is 0 Å². The van der Waals surface area contributed by atoms with Gasteiger partial charge in [-0.2, -0.15) is 0 Å². The summed E-state index contributed by atoms with van der Waals surface area (Å²) in [6, 6.07) is 3.68. The lowest BCUT2D eigenvalue weighted by atomic mass is 10.3. The number of likely N-dealkylation sites (N-methyl/N-ethyl adjacent to an activating group) is 1. The topological polar surface area (TPSA) is 69.7 Å². The van der Waals surface area contributed by atoms with Crippen molar-refractivity contribution in [2.75, 3.05) is 71.9 Å². The highest BCUT2D eigenvalue weighted by Crippen LogP contribution is 2.08. The smallest absolute Gasteiger partial charge is 0.269 e. The summed E-state index contributed by atoms with van der Waals surface area (Å²) in [4.78, 5) is 20.6. The maximum Gasteiger partial charge on any atom is 0.269 e. The van der Waals surface area contributed by atoms with Crippen LogP contribution in [0.25, 0.3) is 0 Å². The zero-order valence-electron chi connectivity index (χ0n) is 14.0. The van der Waals surface area contributed by atoms with E-state index >= 15 is 0 Å². The molecule has 23 heavy (non-hydrogen) atoms. The molecular weight excluding hydrogens is 294 g/mol. The third kappa shape index (κ3) is 6.52. The summed E-state index contributed by atoms with van der Waals surface area (Å²) in [6.07, 6.45) is 1.66. The predicted molar refractivity (Wildman–Crippen MR) is 90.9 cm³/mol. The predicted octanol–water partition coefficient (Wildman–Crippen LogP) is 0.117. The molecular formula is C16H27N5O2. The summed E-state index contributed by atoms with van der Waals surface area (Å²) in [5.74, 6) is -0.135. The van der Waals surface area contributed by atoms with Gasteiger partial charge in [-0.25, -0.2) is 0 Å². The summed E-state index contributed by atoms with van der Waals surface area (Å²) in [5.41, 5.74) is 1.37. The molecule has 2 N–H and O–H groups in total. The second-order valence-electron chi connectivity index (χ2n) is 5.87. The molecule has 1 aromatic heterocycles. The first-order valence-electron chi connectivity index (χ1n) is 8.08. The Bertz CT molecular complexity index is 489. The number of amides is 1. The van der Waals surface area contributed by atoms with Crippen LogP contribution in [0.15, 0.2) is 18.3 Å². The molecule has 7 nitrogen and oxygen atoms in total. The highest BCUT2D eigenvalue weighted by Gasteiger charge is 2.10. The van der Waals surface area contributed by atoms with Gasteiger partial charge in [0.25, 0.3) is 5.91 Å². The van der Waals surface area contributed by atoms with Crippen molar-refractivity contribution in [3.05, 3.63) is 24.0 Å². The molecule has 1 saturated heterocycles. The quantitative estimate of drug-likeness (QED) is 0.709. The van der Waals surface area contributed by atoms with E-state index in [0.717, 1.165) is 51.6 Å². The Hall–Kier alpha value is -1.70. The fourth-order valence-electron chi connectivity index (χ4n) is 2.33. The lowest BCUT2D eigenvalue weighted by Crippen LogP contribution is -2.39. The van der Waals surface area contributed by atoms with E-state index in [4.69, 9.17) is 4.74 Å². The van der Waals surface area contributed by atoms with Crippen LogP contribution in [0.3, 0.4) is 0 Å². The van der Waals surface area contributed by atoms with Gasteiger partial charge in [0.2, 0.25) is 0 Å². The number of hydrogen-bond acceptors (Lipinski definition) is 6. The molecule has 0 unspecified atom stereocenters. The van der Waals surface area contributed by atoms with Gasteiger partial charge in [0.1, 0.15) is 5.69 Å². The Balaban J connectivity index is 1.75. The van der Waals surface area contributed by atoms with Crippen molar-refractivity contribution in [3.8, 4) is 0 Å². The van der Waals surface area contributed by atoms with Gasteiger partial charge in [-0.3, -0.25) is 14.7 Å². The maximum absolute atomic E-state index is 12.1. The number of ether oxygens (including phenoxy) is 1. The average molecular weight is 321 g/mol. The van der Waals surface area contributed by atoms with E-state index in [-0.39, 0.29) is 5.91 Å². The third-order valence-corrected chi connectivity index (χ3v) is 3.70. The fourth-order valence-corrected chi connectivity index (χ4v) is 2.33. The monoisotopic (exact) mass is 321 g/mol. The van der Waals surface area contributed by atoms with Crippen LogP contribution in [0.1, 0.15) is 10.5 Å². The van der Waals surface area contributed by atoms with Crippen LogP contribution in [0.2, 0.25) is 0 Å². The van der Waals surface area contributed by atoms with E-state index in [2.05, 4.69) is 20.5 Å². The molecule has 128 valence electrons. The first-order chi connectivity index (χ1) is 11.1. The van der Waals surface area contributed by atoms with Crippen molar-refractivity contribution in [3.63, 3.8) is 0 Å². The van der Waals surface area contributed by atoms with E-state index in [1.165, 1.54) is 0 Å². The molecule has 1 aromatic rings. The van der Waals surface area contributed by atoms with E-state index in [1.54, 1.807) is 12.3 Å². The van der Waals surface area contributed by atoms with Crippen LogP contribution in [-0.2, 0) is 4.74 Å². The number of nitrogens with one attached hydrogen (secondary N) is 2. The number of carbonyl (C=O) groups excluding carboxylic acids is 1. The number of aromatic nitrogens is 1. The molecule has 2 heterocycles. The molecule has 1 fully saturated rings. The largest absolute Gasteiger partial charge is 0.384 e. The van der Waals surface area contributed by atoms with Gasteiger partial charge in [-0.05, 0) is 26.2 Å². The van der Waals surface area contributed by atoms with Crippen LogP contribution in [0, 0.1) is 0 Å². The number of pyridine rings is 1. The number of rotatable bonds is 8. The van der Waals surface area contributed by atoms with Gasteiger partial charge in [0.15, 0.2) is 0 Å². The summed E-state index contributed by atoms with van der Waals surface area (Å²) in [5, 5.41) is 6.22. The molecule has 0 saturated carbocycles. The molecule has 1 aliphatic rings. The Morgan fingerprint density at radius 3 is 2.87 bits per heavy atom. The van der Waals surface area contributed by atoms with E-state index < -0.39 is 0 Å². The summed E-state index contributed by atoms with van der Waals surface area (Å²) >= 11 is 0. The van der Waals surface area contributed by atoms with Gasteiger partial charge in [0.05, 0.1) is 13.2 Å². The van der Waals surface area contributed by atoms with Gasteiger partial charge >= 0.3 is 0 Å². The summed E-state index contributed by atoms with van der Waals surface area (Å²) in [6.45, 7) is 6.82. The number of anilines is 1. The number of nitrogens with zero attached hydrogens (tertiary/aromatic N) is 3. The molecule has 0 aromatic carbocycles. The minimum atomic E-state index is -0.135. The lowest BCUT2D eigenvalue weighted by Gasteiger charge is -2.26. The highest BCUT2D eigenvalue weighted by atomic mass is 16.5. The molecule has 7 heteroatoms. The van der Waals surface area contributed by atoms with Crippen molar-refractivity contribution >= 4 is 11.6 Å². The van der Waals surface area contributed by atoms with Crippen molar-refractivity contribution in [2.24, 2.45) is 0 Å². The fraction of sp³-hybridized carbons (Fsp3) is 0.625. The van der Waals surface area contributed by atoms with Crippen LogP contribution >= 0.6 is 0 Å². The Labute approximate surface area is 138 Å². The number of carbonyl (C=O) groups is 1. The van der Waals surface area contributed by atoms with E-state index in [9.17, 15) is 4.79 Å². The van der Waals surface area contributed by atoms with Gasteiger partial charge in [-0.15, -0.1) is 0 Å². The first-order valence-corrected chi connectivity index (χ1v) is 8.08. The summed E-state index contributed by atoms with van der Waals surface area (Å²) in [7, 11) is 3.95. The second-order valence-corrected chi connectivity index (χ2v) is 5.87. The Morgan fingerprint density at radius 1 is 1.35 bits per heavy atom. The second kappa shape index (κ2) is 9.44. The lowest BCUT2D eigenvalue weighted by molar-refractivity contribution is 0.0398. The molecule has 0 radical (unpaired) electrons.